The lowest BCUT2D eigenvalue weighted by molar-refractivity contribution is -0.387. The molecule has 17 heavy (non-hydrogen) atoms. The molecule has 8 nitrogen and oxygen atoms in total. The van der Waals surface area contributed by atoms with E-state index in [-0.39, 0.29) is 0 Å². The molecular formula is C9H14O8. The van der Waals surface area contributed by atoms with Gasteiger partial charge in [0.05, 0.1) is 0 Å². The highest BCUT2D eigenvalue weighted by atomic mass is 17.1. The van der Waals surface area contributed by atoms with Crippen molar-refractivity contribution in [3.05, 3.63) is 0 Å². The predicted octanol–water partition coefficient (Wildman–Crippen LogP) is -0.486. The third kappa shape index (κ3) is 4.89. The van der Waals surface area contributed by atoms with Crippen LogP contribution in [0.15, 0.2) is 0 Å². The molecule has 8 heteroatoms. The average molecular weight is 250 g/mol. The fourth-order valence-electron chi connectivity index (χ4n) is 0.842. The van der Waals surface area contributed by atoms with Crippen LogP contribution in [0.2, 0.25) is 0 Å². The van der Waals surface area contributed by atoms with E-state index in [1.807, 2.05) is 0 Å². The van der Waals surface area contributed by atoms with Crippen molar-refractivity contribution in [1.82, 2.24) is 0 Å². The van der Waals surface area contributed by atoms with Gasteiger partial charge in [-0.1, -0.05) is 0 Å². The molecule has 0 aromatic rings. The molecule has 0 heterocycles. The van der Waals surface area contributed by atoms with Gasteiger partial charge in [0.1, 0.15) is 0 Å². The largest absolute Gasteiger partial charge is 0.459 e. The summed E-state index contributed by atoms with van der Waals surface area (Å²) in [6.07, 6.45) is 0. The van der Waals surface area contributed by atoms with Gasteiger partial charge in [0, 0.05) is 21.0 Å². The normalized spacial score (nSPS) is 13.6. The minimum atomic E-state index is -2.19. The van der Waals surface area contributed by atoms with Gasteiger partial charge in [0.25, 0.3) is 5.79 Å². The molecule has 0 saturated heterocycles. The molecule has 0 aromatic heterocycles. The highest BCUT2D eigenvalue weighted by Gasteiger charge is 2.42. The summed E-state index contributed by atoms with van der Waals surface area (Å²) in [5.74, 6) is -4.47. The van der Waals surface area contributed by atoms with Crippen molar-refractivity contribution in [1.29, 1.82) is 0 Å². The molecule has 0 amide bonds. The van der Waals surface area contributed by atoms with Gasteiger partial charge < -0.3 is 14.2 Å². The summed E-state index contributed by atoms with van der Waals surface area (Å²) in [6.45, 7) is 0.877. The zero-order chi connectivity index (χ0) is 13.5. The van der Waals surface area contributed by atoms with Gasteiger partial charge in [-0.25, -0.2) is 5.26 Å². The Balaban J connectivity index is 4.61. The van der Waals surface area contributed by atoms with Crippen molar-refractivity contribution in [3.8, 4) is 0 Å². The third-order valence-corrected chi connectivity index (χ3v) is 1.77. The van der Waals surface area contributed by atoms with Gasteiger partial charge in [-0.2, -0.15) is 4.89 Å². The summed E-state index contributed by atoms with van der Waals surface area (Å²) in [5.41, 5.74) is 0. The molecule has 0 aliphatic heterocycles. The van der Waals surface area contributed by atoms with Crippen LogP contribution in [-0.2, 0) is 33.5 Å². The maximum atomic E-state index is 11.6. The number of hydrogen-bond acceptors (Lipinski definition) is 8. The maximum absolute atomic E-state index is 11.6. The summed E-state index contributed by atoms with van der Waals surface area (Å²) in [7, 11) is 1.06. The quantitative estimate of drug-likeness (QED) is 0.279. The molecule has 1 N–H and O–H groups in total. The van der Waals surface area contributed by atoms with E-state index in [4.69, 9.17) is 5.26 Å². The number of ketones is 1. The Labute approximate surface area is 97.3 Å². The Kier molecular flexibility index (Phi) is 6.33. The van der Waals surface area contributed by atoms with E-state index in [0.29, 0.717) is 0 Å². The molecule has 0 fully saturated rings. The van der Waals surface area contributed by atoms with E-state index >= 15 is 0 Å². The number of carbonyl (C=O) groups excluding carboxylic acids is 3. The predicted molar refractivity (Wildman–Crippen MR) is 51.7 cm³/mol. The minimum absolute atomic E-state index is 0.657. The van der Waals surface area contributed by atoms with E-state index in [9.17, 15) is 14.4 Å². The van der Waals surface area contributed by atoms with E-state index in [1.165, 1.54) is 0 Å². The van der Waals surface area contributed by atoms with Crippen molar-refractivity contribution in [2.24, 2.45) is 0 Å². The van der Waals surface area contributed by atoms with Crippen molar-refractivity contribution < 1.29 is 38.7 Å². The first-order valence-corrected chi connectivity index (χ1v) is 4.55. The molecule has 0 radical (unpaired) electrons. The monoisotopic (exact) mass is 250 g/mol. The number of methoxy groups -OCH3 is 1. The smallest absolute Gasteiger partial charge is 0.303 e. The van der Waals surface area contributed by atoms with Gasteiger partial charge in [-0.15, -0.1) is 0 Å². The van der Waals surface area contributed by atoms with Gasteiger partial charge in [-0.3, -0.25) is 14.4 Å². The highest BCUT2D eigenvalue weighted by molar-refractivity contribution is 5.88. The molecule has 0 aromatic carbocycles. The lowest BCUT2D eigenvalue weighted by atomic mass is 10.2. The Morgan fingerprint density at radius 3 is 2.00 bits per heavy atom. The zero-order valence-corrected chi connectivity index (χ0v) is 9.72. The molecule has 0 aliphatic carbocycles. The lowest BCUT2D eigenvalue weighted by Crippen LogP contribution is -2.49. The topological polar surface area (TPSA) is 108 Å². The minimum Gasteiger partial charge on any atom is -0.459 e. The van der Waals surface area contributed by atoms with E-state index in [1.54, 1.807) is 0 Å². The Bertz CT molecular complexity index is 293. The first-order valence-electron chi connectivity index (χ1n) is 4.55. The SMILES string of the molecule is COC(COC(C)=O)(OO)C(=O)COC(C)=O. The number of esters is 2. The third-order valence-electron chi connectivity index (χ3n) is 1.77. The van der Waals surface area contributed by atoms with Gasteiger partial charge >= 0.3 is 11.9 Å². The van der Waals surface area contributed by atoms with Crippen molar-refractivity contribution >= 4 is 17.7 Å². The average Bonchev–Trinajstić information content (AvgIpc) is 2.28. The molecule has 0 spiro atoms. The van der Waals surface area contributed by atoms with Crippen LogP contribution in [0.25, 0.3) is 0 Å². The molecule has 1 atom stereocenters. The molecule has 0 aliphatic rings. The highest BCUT2D eigenvalue weighted by Crippen LogP contribution is 2.14. The maximum Gasteiger partial charge on any atom is 0.303 e. The van der Waals surface area contributed by atoms with Gasteiger partial charge in [-0.05, 0) is 0 Å². The van der Waals surface area contributed by atoms with Crippen LogP contribution in [0.4, 0.5) is 0 Å². The second-order valence-corrected chi connectivity index (χ2v) is 3.03. The molecule has 0 saturated carbocycles. The number of hydrogen-bond donors (Lipinski definition) is 1. The van der Waals surface area contributed by atoms with Crippen molar-refractivity contribution in [2.75, 3.05) is 20.3 Å². The van der Waals surface area contributed by atoms with Crippen LogP contribution >= 0.6 is 0 Å². The lowest BCUT2D eigenvalue weighted by Gasteiger charge is -2.25. The molecule has 0 bridgehead atoms. The Hall–Kier alpha value is -1.51. The van der Waals surface area contributed by atoms with Gasteiger partial charge in [0.2, 0.25) is 5.78 Å². The van der Waals surface area contributed by atoms with Crippen LogP contribution in [0.3, 0.4) is 0 Å². The van der Waals surface area contributed by atoms with Crippen LogP contribution in [-0.4, -0.2) is 49.1 Å². The van der Waals surface area contributed by atoms with Crippen LogP contribution in [0.5, 0.6) is 0 Å². The Morgan fingerprint density at radius 2 is 1.65 bits per heavy atom. The summed E-state index contributed by atoms with van der Waals surface area (Å²) in [4.78, 5) is 36.6. The van der Waals surface area contributed by atoms with Crippen LogP contribution in [0, 0.1) is 0 Å². The number of carbonyl (C=O) groups is 3. The van der Waals surface area contributed by atoms with Crippen LogP contribution < -0.4 is 0 Å². The van der Waals surface area contributed by atoms with Gasteiger partial charge in [0.15, 0.2) is 13.2 Å². The first kappa shape index (κ1) is 15.5. The molecular weight excluding hydrogens is 236 g/mol. The number of Topliss-reactive ketones (excluding diaryl/α,β-unsaturated/α-hetero) is 1. The van der Waals surface area contributed by atoms with E-state index in [0.717, 1.165) is 21.0 Å². The summed E-state index contributed by atoms with van der Waals surface area (Å²) in [6, 6.07) is 0. The number of rotatable bonds is 7. The second kappa shape index (κ2) is 6.94. The first-order chi connectivity index (χ1) is 7.88. The Morgan fingerprint density at radius 1 is 1.12 bits per heavy atom. The van der Waals surface area contributed by atoms with Crippen molar-refractivity contribution in [3.63, 3.8) is 0 Å². The fraction of sp³-hybridized carbons (Fsp3) is 0.667. The fourth-order valence-corrected chi connectivity index (χ4v) is 0.842. The zero-order valence-electron chi connectivity index (χ0n) is 9.72. The van der Waals surface area contributed by atoms with Crippen LogP contribution in [0.1, 0.15) is 13.8 Å². The van der Waals surface area contributed by atoms with E-state index in [2.05, 4.69) is 19.1 Å². The summed E-state index contributed by atoms with van der Waals surface area (Å²) in [5, 5.41) is 8.65. The second-order valence-electron chi connectivity index (χ2n) is 3.03. The summed E-state index contributed by atoms with van der Waals surface area (Å²) >= 11 is 0. The standard InChI is InChI=1S/C9H14O8/c1-6(10)15-4-8(12)9(14-3,17-13)5-16-7(2)11/h13H,4-5H2,1-3H3. The summed E-state index contributed by atoms with van der Waals surface area (Å²) < 4.78 is 13.6. The molecule has 1 unspecified atom stereocenters. The van der Waals surface area contributed by atoms with Crippen molar-refractivity contribution in [2.45, 2.75) is 19.6 Å². The van der Waals surface area contributed by atoms with E-state index < -0.39 is 36.7 Å². The molecule has 98 valence electrons. The number of ether oxygens (including phenoxy) is 3. The molecule has 0 rings (SSSR count).